The van der Waals surface area contributed by atoms with E-state index in [4.69, 9.17) is 0 Å². The van der Waals surface area contributed by atoms with Crippen LogP contribution < -0.4 is 4.90 Å². The van der Waals surface area contributed by atoms with Crippen LogP contribution in [0.4, 0.5) is 5.69 Å². The van der Waals surface area contributed by atoms with Gasteiger partial charge in [0.2, 0.25) is 0 Å². The van der Waals surface area contributed by atoms with Gasteiger partial charge in [-0.3, -0.25) is 4.79 Å². The zero-order valence-corrected chi connectivity index (χ0v) is 11.6. The number of aromatic nitrogens is 1. The van der Waals surface area contributed by atoms with Crippen LogP contribution in [0, 0.1) is 6.92 Å². The summed E-state index contributed by atoms with van der Waals surface area (Å²) < 4.78 is 0. The van der Waals surface area contributed by atoms with Gasteiger partial charge in [0.1, 0.15) is 0 Å². The molecule has 94 valence electrons. The fraction of sp³-hybridized carbons (Fsp3) is 0.286. The minimum atomic E-state index is 0.116. The van der Waals surface area contributed by atoms with Gasteiger partial charge in [-0.2, -0.15) is 0 Å². The number of anilines is 1. The molecule has 1 aromatic carbocycles. The average Bonchev–Trinajstić information content (AvgIpc) is 2.75. The third kappa shape index (κ3) is 2.96. The Hall–Kier alpha value is -1.68. The Morgan fingerprint density at radius 1 is 1.28 bits per heavy atom. The van der Waals surface area contributed by atoms with Gasteiger partial charge in [-0.15, -0.1) is 11.3 Å². The second-order valence-corrected chi connectivity index (χ2v) is 5.46. The molecule has 0 fully saturated rings. The van der Waals surface area contributed by atoms with E-state index in [-0.39, 0.29) is 5.78 Å². The van der Waals surface area contributed by atoms with Gasteiger partial charge >= 0.3 is 0 Å². The Bertz CT molecular complexity index is 543. The minimum absolute atomic E-state index is 0.116. The smallest absolute Gasteiger partial charge is 0.168 e. The molecule has 0 aliphatic rings. The van der Waals surface area contributed by atoms with Crippen LogP contribution in [0.5, 0.6) is 0 Å². The quantitative estimate of drug-likeness (QED) is 0.792. The molecule has 2 aromatic rings. The molecule has 0 unspecified atom stereocenters. The predicted molar refractivity (Wildman–Crippen MR) is 75.7 cm³/mol. The van der Waals surface area contributed by atoms with Crippen LogP contribution in [0.25, 0.3) is 0 Å². The molecule has 0 bridgehead atoms. The molecule has 0 saturated heterocycles. The summed E-state index contributed by atoms with van der Waals surface area (Å²) in [5.74, 6) is 0.116. The van der Waals surface area contributed by atoms with Gasteiger partial charge in [-0.1, -0.05) is 0 Å². The molecule has 0 saturated carbocycles. The highest BCUT2D eigenvalue weighted by Gasteiger charge is 2.09. The number of aryl methyl sites for hydroxylation is 1. The number of ketones is 1. The summed E-state index contributed by atoms with van der Waals surface area (Å²) >= 11 is 1.58. The first-order chi connectivity index (χ1) is 8.56. The van der Waals surface area contributed by atoms with Crippen LogP contribution in [-0.4, -0.2) is 24.9 Å². The van der Waals surface area contributed by atoms with Gasteiger partial charge in [0, 0.05) is 30.7 Å². The second kappa shape index (κ2) is 5.31. The van der Waals surface area contributed by atoms with Crippen molar-refractivity contribution in [3.05, 3.63) is 45.9 Å². The normalized spacial score (nSPS) is 10.4. The number of benzene rings is 1. The molecule has 1 aromatic heterocycles. The topological polar surface area (TPSA) is 33.2 Å². The molecule has 0 N–H and O–H groups in total. The molecule has 2 rings (SSSR count). The molecular weight excluding hydrogens is 244 g/mol. The van der Waals surface area contributed by atoms with E-state index < -0.39 is 0 Å². The van der Waals surface area contributed by atoms with Crippen molar-refractivity contribution < 1.29 is 4.79 Å². The van der Waals surface area contributed by atoms with Gasteiger partial charge in [0.05, 0.1) is 17.1 Å². The van der Waals surface area contributed by atoms with Crippen molar-refractivity contribution in [2.75, 3.05) is 19.0 Å². The summed E-state index contributed by atoms with van der Waals surface area (Å²) in [6, 6.07) is 7.66. The number of hydrogen-bond donors (Lipinski definition) is 0. The molecule has 0 amide bonds. The van der Waals surface area contributed by atoms with E-state index in [0.717, 1.165) is 22.0 Å². The number of carbonyl (C=O) groups is 1. The summed E-state index contributed by atoms with van der Waals surface area (Å²) in [7, 11) is 3.96. The summed E-state index contributed by atoms with van der Waals surface area (Å²) in [6.07, 6.45) is 0.381. The van der Waals surface area contributed by atoms with Crippen LogP contribution in [0.2, 0.25) is 0 Å². The number of rotatable bonds is 4. The Morgan fingerprint density at radius 3 is 2.44 bits per heavy atom. The summed E-state index contributed by atoms with van der Waals surface area (Å²) in [6.45, 7) is 1.95. The maximum absolute atomic E-state index is 12.1. The van der Waals surface area contributed by atoms with Crippen molar-refractivity contribution in [1.82, 2.24) is 4.98 Å². The van der Waals surface area contributed by atoms with E-state index in [1.165, 1.54) is 0 Å². The number of nitrogens with zero attached hydrogens (tertiary/aromatic N) is 2. The molecule has 0 spiro atoms. The Balaban J connectivity index is 2.09. The van der Waals surface area contributed by atoms with Crippen LogP contribution in [-0.2, 0) is 6.42 Å². The lowest BCUT2D eigenvalue weighted by molar-refractivity contribution is 0.0992. The first-order valence-corrected chi connectivity index (χ1v) is 6.66. The van der Waals surface area contributed by atoms with Crippen molar-refractivity contribution >= 4 is 22.8 Å². The lowest BCUT2D eigenvalue weighted by Gasteiger charge is -2.12. The van der Waals surface area contributed by atoms with Crippen molar-refractivity contribution in [1.29, 1.82) is 0 Å². The average molecular weight is 260 g/mol. The van der Waals surface area contributed by atoms with Gasteiger partial charge in [-0.05, 0) is 31.2 Å². The number of thiazole rings is 1. The number of hydrogen-bond acceptors (Lipinski definition) is 4. The number of carbonyl (C=O) groups excluding carboxylic acids is 1. The molecule has 0 aliphatic heterocycles. The fourth-order valence-corrected chi connectivity index (χ4v) is 2.31. The predicted octanol–water partition coefficient (Wildman–Crippen LogP) is 2.94. The highest BCUT2D eigenvalue weighted by Crippen LogP contribution is 2.15. The second-order valence-electron chi connectivity index (χ2n) is 4.40. The maximum atomic E-state index is 12.1. The van der Waals surface area contributed by atoms with Crippen molar-refractivity contribution in [3.63, 3.8) is 0 Å². The van der Waals surface area contributed by atoms with Crippen LogP contribution in [0.1, 0.15) is 21.1 Å². The van der Waals surface area contributed by atoms with E-state index >= 15 is 0 Å². The molecule has 3 nitrogen and oxygen atoms in total. The van der Waals surface area contributed by atoms with E-state index in [9.17, 15) is 4.79 Å². The van der Waals surface area contributed by atoms with Crippen LogP contribution >= 0.6 is 11.3 Å². The zero-order chi connectivity index (χ0) is 13.1. The first-order valence-electron chi connectivity index (χ1n) is 5.78. The lowest BCUT2D eigenvalue weighted by Crippen LogP contribution is -2.09. The highest BCUT2D eigenvalue weighted by atomic mass is 32.1. The van der Waals surface area contributed by atoms with Gasteiger partial charge in [0.15, 0.2) is 5.78 Å². The van der Waals surface area contributed by atoms with Gasteiger partial charge < -0.3 is 4.90 Å². The fourth-order valence-electron chi connectivity index (χ4n) is 1.70. The standard InChI is InChI=1S/C14H16N2OS/c1-10-15-12(9-18-10)8-14(17)11-4-6-13(7-5-11)16(2)3/h4-7,9H,8H2,1-3H3. The van der Waals surface area contributed by atoms with E-state index in [1.807, 2.05) is 55.6 Å². The Morgan fingerprint density at radius 2 is 1.94 bits per heavy atom. The molecule has 0 atom stereocenters. The summed E-state index contributed by atoms with van der Waals surface area (Å²) in [4.78, 5) is 18.4. The lowest BCUT2D eigenvalue weighted by atomic mass is 10.1. The van der Waals surface area contributed by atoms with Gasteiger partial charge in [0.25, 0.3) is 0 Å². The molecule has 4 heteroatoms. The first kappa shape index (κ1) is 12.8. The van der Waals surface area contributed by atoms with Crippen molar-refractivity contribution in [2.24, 2.45) is 0 Å². The summed E-state index contributed by atoms with van der Waals surface area (Å²) in [5.41, 5.74) is 2.70. The van der Waals surface area contributed by atoms with E-state index in [1.54, 1.807) is 11.3 Å². The molecular formula is C14H16N2OS. The monoisotopic (exact) mass is 260 g/mol. The third-order valence-electron chi connectivity index (χ3n) is 2.71. The Kier molecular flexibility index (Phi) is 3.77. The molecule has 1 heterocycles. The van der Waals surface area contributed by atoms with Gasteiger partial charge in [-0.25, -0.2) is 4.98 Å². The SMILES string of the molecule is Cc1nc(CC(=O)c2ccc(N(C)C)cc2)cs1. The minimum Gasteiger partial charge on any atom is -0.378 e. The van der Waals surface area contributed by atoms with Crippen LogP contribution in [0.15, 0.2) is 29.6 Å². The highest BCUT2D eigenvalue weighted by molar-refractivity contribution is 7.09. The maximum Gasteiger partial charge on any atom is 0.168 e. The Labute approximate surface area is 111 Å². The molecule has 0 aliphatic carbocycles. The molecule has 18 heavy (non-hydrogen) atoms. The largest absolute Gasteiger partial charge is 0.378 e. The zero-order valence-electron chi connectivity index (χ0n) is 10.8. The van der Waals surface area contributed by atoms with Crippen LogP contribution in [0.3, 0.4) is 0 Å². The van der Waals surface area contributed by atoms with Crippen molar-refractivity contribution in [2.45, 2.75) is 13.3 Å². The summed E-state index contributed by atoms with van der Waals surface area (Å²) in [5, 5.41) is 2.95. The third-order valence-corrected chi connectivity index (χ3v) is 3.54. The van der Waals surface area contributed by atoms with E-state index in [0.29, 0.717) is 6.42 Å². The molecule has 0 radical (unpaired) electrons. The van der Waals surface area contributed by atoms with Crippen molar-refractivity contribution in [3.8, 4) is 0 Å². The van der Waals surface area contributed by atoms with E-state index in [2.05, 4.69) is 4.98 Å². The number of Topliss-reactive ketones (excluding diaryl/α,β-unsaturated/α-hetero) is 1.